The van der Waals surface area contributed by atoms with E-state index in [-0.39, 0.29) is 10.8 Å². The van der Waals surface area contributed by atoms with Crippen LogP contribution in [0.1, 0.15) is 12.5 Å². The molecular weight excluding hydrogens is 334 g/mol. The Kier molecular flexibility index (Phi) is 6.45. The van der Waals surface area contributed by atoms with Gasteiger partial charge in [-0.3, -0.25) is 0 Å². The average molecular weight is 360 g/mol. The van der Waals surface area contributed by atoms with Crippen molar-refractivity contribution in [2.75, 3.05) is 46.3 Å². The van der Waals surface area contributed by atoms with Gasteiger partial charge in [0.25, 0.3) is 0 Å². The molecule has 1 aliphatic heterocycles. The Hall–Kier alpha value is -0.660. The maximum Gasteiger partial charge on any atom is 0.240 e. The molecule has 5 nitrogen and oxygen atoms in total. The van der Waals surface area contributed by atoms with Crippen molar-refractivity contribution in [3.63, 3.8) is 0 Å². The molecule has 0 radical (unpaired) electrons. The molecule has 1 N–H and O–H groups in total. The Morgan fingerprint density at radius 1 is 1.26 bits per heavy atom. The fourth-order valence-electron chi connectivity index (χ4n) is 2.74. The number of hydrogen-bond donors (Lipinski definition) is 1. The highest BCUT2D eigenvalue weighted by atomic mass is 35.5. The molecule has 7 heteroatoms. The van der Waals surface area contributed by atoms with Gasteiger partial charge in [0, 0.05) is 44.3 Å². The van der Waals surface area contributed by atoms with Gasteiger partial charge in [0.2, 0.25) is 10.0 Å². The van der Waals surface area contributed by atoms with E-state index in [0.29, 0.717) is 17.1 Å². The molecule has 0 aromatic heterocycles. The third kappa shape index (κ3) is 5.16. The van der Waals surface area contributed by atoms with Crippen molar-refractivity contribution in [3.05, 3.63) is 28.8 Å². The molecule has 1 heterocycles. The van der Waals surface area contributed by atoms with Crippen molar-refractivity contribution in [1.82, 2.24) is 14.5 Å². The summed E-state index contributed by atoms with van der Waals surface area (Å²) < 4.78 is 27.6. The van der Waals surface area contributed by atoms with Crippen molar-refractivity contribution in [2.24, 2.45) is 5.92 Å². The third-order valence-corrected chi connectivity index (χ3v) is 6.27. The highest BCUT2D eigenvalue weighted by Gasteiger charge is 2.20. The van der Waals surface area contributed by atoms with E-state index in [1.165, 1.54) is 0 Å². The summed E-state index contributed by atoms with van der Waals surface area (Å²) in [6.07, 6.45) is 0. The second kappa shape index (κ2) is 7.94. The molecule has 130 valence electrons. The molecule has 1 aromatic carbocycles. The van der Waals surface area contributed by atoms with E-state index in [2.05, 4.69) is 28.5 Å². The quantitative estimate of drug-likeness (QED) is 0.841. The highest BCUT2D eigenvalue weighted by Crippen LogP contribution is 2.22. The number of nitrogens with one attached hydrogen (secondary N) is 1. The Labute approximate surface area is 144 Å². The number of nitrogens with zero attached hydrogens (tertiary/aromatic N) is 2. The van der Waals surface area contributed by atoms with E-state index >= 15 is 0 Å². The summed E-state index contributed by atoms with van der Waals surface area (Å²) in [5.74, 6) is 0.257. The van der Waals surface area contributed by atoms with Crippen LogP contribution in [0.5, 0.6) is 0 Å². The van der Waals surface area contributed by atoms with Gasteiger partial charge in [-0.25, -0.2) is 13.1 Å². The van der Waals surface area contributed by atoms with E-state index < -0.39 is 10.0 Å². The number of piperazine rings is 1. The van der Waals surface area contributed by atoms with Crippen molar-refractivity contribution in [2.45, 2.75) is 18.7 Å². The highest BCUT2D eigenvalue weighted by molar-refractivity contribution is 7.89. The number of benzene rings is 1. The van der Waals surface area contributed by atoms with Crippen molar-refractivity contribution in [1.29, 1.82) is 0 Å². The van der Waals surface area contributed by atoms with Crippen LogP contribution in [0.4, 0.5) is 0 Å². The zero-order valence-corrected chi connectivity index (χ0v) is 15.6. The number of halogens is 1. The van der Waals surface area contributed by atoms with Gasteiger partial charge in [-0.2, -0.15) is 0 Å². The van der Waals surface area contributed by atoms with Crippen LogP contribution in [-0.4, -0.2) is 64.5 Å². The van der Waals surface area contributed by atoms with Crippen LogP contribution in [0, 0.1) is 12.8 Å². The predicted octanol–water partition coefficient (Wildman–Crippen LogP) is 1.81. The first-order valence-electron chi connectivity index (χ1n) is 7.95. The van der Waals surface area contributed by atoms with Gasteiger partial charge in [0.05, 0.1) is 4.90 Å². The minimum absolute atomic E-state index is 0.257. The van der Waals surface area contributed by atoms with Crippen LogP contribution in [0.3, 0.4) is 0 Å². The zero-order chi connectivity index (χ0) is 17.0. The average Bonchev–Trinajstić information content (AvgIpc) is 2.50. The maximum absolute atomic E-state index is 12.5. The van der Waals surface area contributed by atoms with E-state index in [0.717, 1.165) is 32.7 Å². The van der Waals surface area contributed by atoms with Crippen LogP contribution >= 0.6 is 11.6 Å². The third-order valence-electron chi connectivity index (χ3n) is 4.30. The molecule has 1 unspecified atom stereocenters. The van der Waals surface area contributed by atoms with Gasteiger partial charge in [-0.1, -0.05) is 24.6 Å². The summed E-state index contributed by atoms with van der Waals surface area (Å²) in [6.45, 7) is 9.37. The van der Waals surface area contributed by atoms with Crippen molar-refractivity contribution >= 4 is 21.6 Å². The first-order valence-corrected chi connectivity index (χ1v) is 9.81. The molecule has 0 amide bonds. The Balaban J connectivity index is 1.90. The van der Waals surface area contributed by atoms with E-state index in [9.17, 15) is 8.42 Å². The largest absolute Gasteiger partial charge is 0.304 e. The van der Waals surface area contributed by atoms with Gasteiger partial charge in [0.15, 0.2) is 0 Å². The summed E-state index contributed by atoms with van der Waals surface area (Å²) >= 11 is 6.02. The fourth-order valence-corrected chi connectivity index (χ4v) is 4.41. The molecule has 0 aliphatic carbocycles. The van der Waals surface area contributed by atoms with E-state index in [4.69, 9.17) is 11.6 Å². The normalized spacial score (nSPS) is 19.0. The van der Waals surface area contributed by atoms with E-state index in [1.54, 1.807) is 25.1 Å². The molecule has 0 spiro atoms. The first-order chi connectivity index (χ1) is 10.8. The van der Waals surface area contributed by atoms with Gasteiger partial charge in [0.1, 0.15) is 0 Å². The molecule has 1 aromatic rings. The second-order valence-corrected chi connectivity index (χ2v) is 8.57. The number of rotatable bonds is 6. The predicted molar refractivity (Wildman–Crippen MR) is 94.5 cm³/mol. The monoisotopic (exact) mass is 359 g/mol. The van der Waals surface area contributed by atoms with Gasteiger partial charge < -0.3 is 9.80 Å². The maximum atomic E-state index is 12.5. The van der Waals surface area contributed by atoms with Gasteiger partial charge in [-0.15, -0.1) is 0 Å². The summed E-state index contributed by atoms with van der Waals surface area (Å²) in [5.41, 5.74) is 0.591. The van der Waals surface area contributed by atoms with E-state index in [1.807, 2.05) is 0 Å². The minimum Gasteiger partial charge on any atom is -0.304 e. The molecule has 1 aliphatic rings. The lowest BCUT2D eigenvalue weighted by Gasteiger charge is -2.33. The topological polar surface area (TPSA) is 52.7 Å². The number of likely N-dealkylation sites (N-methyl/N-ethyl adjacent to an activating group) is 1. The minimum atomic E-state index is -3.52. The zero-order valence-electron chi connectivity index (χ0n) is 14.0. The lowest BCUT2D eigenvalue weighted by Crippen LogP contribution is -2.46. The molecule has 23 heavy (non-hydrogen) atoms. The van der Waals surface area contributed by atoms with Crippen LogP contribution in [0.2, 0.25) is 5.02 Å². The molecule has 0 bridgehead atoms. The molecule has 1 fully saturated rings. The van der Waals surface area contributed by atoms with Crippen molar-refractivity contribution < 1.29 is 8.42 Å². The summed E-state index contributed by atoms with van der Waals surface area (Å²) in [6, 6.07) is 4.96. The molecule has 0 saturated carbocycles. The Bertz CT molecular complexity index is 628. The lowest BCUT2D eigenvalue weighted by atomic mass is 10.1. The summed E-state index contributed by atoms with van der Waals surface area (Å²) in [4.78, 5) is 4.96. The van der Waals surface area contributed by atoms with Gasteiger partial charge in [-0.05, 0) is 37.6 Å². The second-order valence-electron chi connectivity index (χ2n) is 6.42. The SMILES string of the molecule is Cc1c(Cl)cccc1S(=O)(=O)NCC(C)CN1CCN(C)CC1. The smallest absolute Gasteiger partial charge is 0.240 e. The standard InChI is InChI=1S/C16H26ClN3O2S/c1-13(12-20-9-7-19(3)8-10-20)11-18-23(21,22)16-6-4-5-15(17)14(16)2/h4-6,13,18H,7-12H2,1-3H3. The first kappa shape index (κ1) is 18.7. The van der Waals surface area contributed by atoms with Crippen LogP contribution in [0.25, 0.3) is 0 Å². The molecule has 1 atom stereocenters. The van der Waals surface area contributed by atoms with Crippen LogP contribution < -0.4 is 4.72 Å². The summed E-state index contributed by atoms with van der Waals surface area (Å²) in [5, 5.41) is 0.471. The van der Waals surface area contributed by atoms with Crippen molar-refractivity contribution in [3.8, 4) is 0 Å². The molecular formula is C16H26ClN3O2S. The molecule has 1 saturated heterocycles. The Morgan fingerprint density at radius 3 is 2.57 bits per heavy atom. The van der Waals surface area contributed by atoms with Crippen LogP contribution in [0.15, 0.2) is 23.1 Å². The number of sulfonamides is 1. The molecule has 2 rings (SSSR count). The lowest BCUT2D eigenvalue weighted by molar-refractivity contribution is 0.139. The van der Waals surface area contributed by atoms with Gasteiger partial charge >= 0.3 is 0 Å². The Morgan fingerprint density at radius 2 is 1.91 bits per heavy atom. The summed E-state index contributed by atoms with van der Waals surface area (Å²) in [7, 11) is -1.39. The fraction of sp³-hybridized carbons (Fsp3) is 0.625. The van der Waals surface area contributed by atoms with Crippen LogP contribution in [-0.2, 0) is 10.0 Å². The number of hydrogen-bond acceptors (Lipinski definition) is 4.